The summed E-state index contributed by atoms with van der Waals surface area (Å²) in [4.78, 5) is 32.5. The molecule has 0 spiro atoms. The first-order chi connectivity index (χ1) is 22.3. The molecule has 1 saturated carbocycles. The van der Waals surface area contributed by atoms with E-state index in [-0.39, 0.29) is 38.0 Å². The van der Waals surface area contributed by atoms with Gasteiger partial charge in [0.25, 0.3) is 0 Å². The summed E-state index contributed by atoms with van der Waals surface area (Å²) in [5.74, 6) is 0.845. The zero-order valence-electron chi connectivity index (χ0n) is 26.2. The number of para-hydroxylation sites is 1. The quantitative estimate of drug-likeness (QED) is 0.156. The van der Waals surface area contributed by atoms with Gasteiger partial charge in [-0.3, -0.25) is 9.59 Å². The lowest BCUT2D eigenvalue weighted by Gasteiger charge is -2.41. The summed E-state index contributed by atoms with van der Waals surface area (Å²) >= 11 is 2.09. The molecule has 0 aliphatic heterocycles. The number of aromatic nitrogens is 1. The Morgan fingerprint density at radius 2 is 1.91 bits per heavy atom. The number of aliphatic hydroxyl groups excluding tert-OH is 3. The minimum absolute atomic E-state index is 0.0534. The monoisotopic (exact) mass is 745 g/mol. The summed E-state index contributed by atoms with van der Waals surface area (Å²) < 4.78 is 12.6. The van der Waals surface area contributed by atoms with E-state index in [1.807, 2.05) is 24.3 Å². The maximum Gasteiger partial charge on any atom is 0.247 e. The molecule has 2 aliphatic rings. The number of rotatable bonds is 14. The Morgan fingerprint density at radius 1 is 1.13 bits per heavy atom. The first kappa shape index (κ1) is 34.2. The van der Waals surface area contributed by atoms with Gasteiger partial charge in [0.15, 0.2) is 11.5 Å². The summed E-state index contributed by atoms with van der Waals surface area (Å²) in [5, 5.41) is 34.7. The summed E-state index contributed by atoms with van der Waals surface area (Å²) in [6.45, 7) is 0.0358. The van der Waals surface area contributed by atoms with E-state index < -0.39 is 18.2 Å². The van der Waals surface area contributed by atoms with Gasteiger partial charge in [0.05, 0.1) is 29.9 Å². The number of ether oxygens (including phenoxy) is 2. The van der Waals surface area contributed by atoms with Gasteiger partial charge >= 0.3 is 0 Å². The maximum atomic E-state index is 14.0. The number of amides is 2. The maximum absolute atomic E-state index is 14.0. The zero-order valence-corrected chi connectivity index (χ0v) is 28.4. The van der Waals surface area contributed by atoms with Crippen LogP contribution in [-0.4, -0.2) is 82.1 Å². The molecule has 0 bridgehead atoms. The lowest BCUT2D eigenvalue weighted by atomic mass is 9.87. The number of carbonyl (C=O) groups excluding carboxylic acids is 2. The van der Waals surface area contributed by atoms with Crippen molar-refractivity contribution >= 4 is 45.3 Å². The van der Waals surface area contributed by atoms with Gasteiger partial charge in [-0.2, -0.15) is 0 Å². The largest absolute Gasteiger partial charge is 0.493 e. The third-order valence-corrected chi connectivity index (χ3v) is 9.91. The standard InChI is InChI=1S/C35H44IN3O7/c1-45-31-17-23(21-41)16-27(36)34(31)46-30-20-25(35(44)37-13-15-40)19-29(33(30)43)39(32(42)11-10-22-6-2-3-7-22)14-12-26-18-24-8-4-5-9-28(24)38-26/h4-5,8-9,16-18,20,22,29-30,33,38,40-41,43H,2-3,6-7,10-15,19,21H2,1H3,(H,37,44). The van der Waals surface area contributed by atoms with Crippen molar-refractivity contribution in [1.29, 1.82) is 0 Å². The molecule has 248 valence electrons. The normalized spacial score (nSPS) is 20.0. The third kappa shape index (κ3) is 8.23. The van der Waals surface area contributed by atoms with Crippen LogP contribution in [0.3, 0.4) is 0 Å². The Bertz CT molecular complexity index is 1500. The number of fused-ring (bicyclic) bond motifs is 1. The molecular formula is C35H44IN3O7. The van der Waals surface area contributed by atoms with Crippen molar-refractivity contribution < 1.29 is 34.4 Å². The van der Waals surface area contributed by atoms with E-state index in [0.717, 1.165) is 35.9 Å². The van der Waals surface area contributed by atoms with Crippen LogP contribution < -0.4 is 14.8 Å². The highest BCUT2D eigenvalue weighted by molar-refractivity contribution is 14.1. The average Bonchev–Trinajstić information content (AvgIpc) is 3.74. The molecule has 11 heteroatoms. The molecule has 3 atom stereocenters. The van der Waals surface area contributed by atoms with E-state index in [1.165, 1.54) is 20.0 Å². The first-order valence-corrected chi connectivity index (χ1v) is 17.2. The SMILES string of the molecule is COc1cc(CO)cc(I)c1OC1C=C(C(=O)NCCO)CC(N(CCc2cc3ccccc3[nH]2)C(=O)CCC2CCCC2)C1O. The number of aliphatic hydroxyl groups is 3. The molecule has 46 heavy (non-hydrogen) atoms. The van der Waals surface area contributed by atoms with Crippen molar-refractivity contribution in [2.24, 2.45) is 5.92 Å². The first-order valence-electron chi connectivity index (χ1n) is 16.1. The number of benzene rings is 2. The highest BCUT2D eigenvalue weighted by atomic mass is 127. The smallest absolute Gasteiger partial charge is 0.247 e. The summed E-state index contributed by atoms with van der Waals surface area (Å²) in [6.07, 6.45) is 6.00. The Labute approximate surface area is 283 Å². The van der Waals surface area contributed by atoms with E-state index in [4.69, 9.17) is 9.47 Å². The third-order valence-electron chi connectivity index (χ3n) is 9.11. The molecule has 2 amide bonds. The Balaban J connectivity index is 1.45. The van der Waals surface area contributed by atoms with E-state index in [0.29, 0.717) is 51.5 Å². The van der Waals surface area contributed by atoms with Gasteiger partial charge in [-0.1, -0.05) is 43.9 Å². The van der Waals surface area contributed by atoms with Crippen LogP contribution in [0.15, 0.2) is 54.1 Å². The topological polar surface area (TPSA) is 144 Å². The van der Waals surface area contributed by atoms with Crippen molar-refractivity contribution in [2.75, 3.05) is 26.8 Å². The van der Waals surface area contributed by atoms with Gasteiger partial charge < -0.3 is 40.0 Å². The van der Waals surface area contributed by atoms with E-state index in [1.54, 1.807) is 23.1 Å². The summed E-state index contributed by atoms with van der Waals surface area (Å²) in [6, 6.07) is 12.8. The number of H-pyrrole nitrogens is 1. The molecule has 10 nitrogen and oxygen atoms in total. The second kappa shape index (κ2) is 16.1. The van der Waals surface area contributed by atoms with Crippen LogP contribution >= 0.6 is 22.6 Å². The summed E-state index contributed by atoms with van der Waals surface area (Å²) in [5.41, 5.74) is 3.01. The number of nitrogens with one attached hydrogen (secondary N) is 2. The molecule has 0 saturated heterocycles. The molecule has 2 aromatic carbocycles. The van der Waals surface area contributed by atoms with E-state index in [2.05, 4.69) is 39.0 Å². The summed E-state index contributed by atoms with van der Waals surface area (Å²) in [7, 11) is 1.50. The molecule has 3 aromatic rings. The second-order valence-corrected chi connectivity index (χ2v) is 13.4. The van der Waals surface area contributed by atoms with Gasteiger partial charge in [0, 0.05) is 49.1 Å². The van der Waals surface area contributed by atoms with Crippen LogP contribution in [0.5, 0.6) is 11.5 Å². The van der Waals surface area contributed by atoms with Crippen molar-refractivity contribution in [2.45, 2.75) is 76.2 Å². The van der Waals surface area contributed by atoms with Crippen molar-refractivity contribution in [3.05, 3.63) is 68.9 Å². The van der Waals surface area contributed by atoms with Gasteiger partial charge in [-0.15, -0.1) is 0 Å². The average molecular weight is 746 g/mol. The van der Waals surface area contributed by atoms with Gasteiger partial charge in [0.1, 0.15) is 12.2 Å². The van der Waals surface area contributed by atoms with Crippen LogP contribution in [0.4, 0.5) is 0 Å². The highest BCUT2D eigenvalue weighted by Gasteiger charge is 2.41. The van der Waals surface area contributed by atoms with Crippen LogP contribution in [-0.2, 0) is 22.6 Å². The fourth-order valence-electron chi connectivity index (χ4n) is 6.65. The molecule has 2 aliphatic carbocycles. The number of hydrogen-bond acceptors (Lipinski definition) is 7. The molecule has 5 rings (SSSR count). The number of nitrogens with zero attached hydrogens (tertiary/aromatic N) is 1. The molecule has 1 heterocycles. The Hall–Kier alpha value is -3.13. The van der Waals surface area contributed by atoms with Gasteiger partial charge in [0.2, 0.25) is 11.8 Å². The lowest BCUT2D eigenvalue weighted by molar-refractivity contribution is -0.138. The molecule has 3 unspecified atom stereocenters. The van der Waals surface area contributed by atoms with Crippen LogP contribution in [0, 0.1) is 9.49 Å². The van der Waals surface area contributed by atoms with Crippen molar-refractivity contribution in [1.82, 2.24) is 15.2 Å². The number of carbonyl (C=O) groups is 2. The predicted octanol–water partition coefficient (Wildman–Crippen LogP) is 4.23. The second-order valence-electron chi connectivity index (χ2n) is 12.2. The lowest BCUT2D eigenvalue weighted by Crippen LogP contribution is -2.55. The highest BCUT2D eigenvalue weighted by Crippen LogP contribution is 2.37. The van der Waals surface area contributed by atoms with Gasteiger partial charge in [-0.05, 0) is 76.2 Å². The van der Waals surface area contributed by atoms with Crippen LogP contribution in [0.2, 0.25) is 0 Å². The number of hydrogen-bond donors (Lipinski definition) is 5. The fourth-order valence-corrected chi connectivity index (χ4v) is 7.44. The van der Waals surface area contributed by atoms with Crippen molar-refractivity contribution in [3.63, 3.8) is 0 Å². The molecule has 5 N–H and O–H groups in total. The zero-order chi connectivity index (χ0) is 32.6. The number of halogens is 1. The molecule has 0 radical (unpaired) electrons. The minimum atomic E-state index is -1.15. The Kier molecular flexibility index (Phi) is 12.0. The molecular weight excluding hydrogens is 701 g/mol. The van der Waals surface area contributed by atoms with Crippen LogP contribution in [0.25, 0.3) is 10.9 Å². The molecule has 1 fully saturated rings. The van der Waals surface area contributed by atoms with E-state index in [9.17, 15) is 24.9 Å². The fraction of sp³-hybridized carbons (Fsp3) is 0.486. The predicted molar refractivity (Wildman–Crippen MR) is 184 cm³/mol. The van der Waals surface area contributed by atoms with Crippen molar-refractivity contribution in [3.8, 4) is 11.5 Å². The van der Waals surface area contributed by atoms with E-state index >= 15 is 0 Å². The Morgan fingerprint density at radius 3 is 2.63 bits per heavy atom. The van der Waals surface area contributed by atoms with Gasteiger partial charge in [-0.25, -0.2) is 0 Å². The number of methoxy groups -OCH3 is 1. The molecule has 1 aromatic heterocycles. The van der Waals surface area contributed by atoms with Crippen LogP contribution in [0.1, 0.15) is 56.2 Å². The number of aromatic amines is 1. The minimum Gasteiger partial charge on any atom is -0.493 e.